The highest BCUT2D eigenvalue weighted by Gasteiger charge is 2.38. The van der Waals surface area contributed by atoms with Crippen LogP contribution in [0.4, 0.5) is 5.69 Å². The number of carbonyl (C=O) groups excluding carboxylic acids is 3. The number of carbonyl (C=O) groups is 3. The van der Waals surface area contributed by atoms with Gasteiger partial charge >= 0.3 is 0 Å². The number of rotatable bonds is 14. The Balaban J connectivity index is 1.36. The Bertz CT molecular complexity index is 1450. The molecule has 1 saturated heterocycles. The van der Waals surface area contributed by atoms with E-state index in [4.69, 9.17) is 16.3 Å². The summed E-state index contributed by atoms with van der Waals surface area (Å²) in [4.78, 5) is 41.2. The molecule has 46 heavy (non-hydrogen) atoms. The predicted octanol–water partition coefficient (Wildman–Crippen LogP) is 4.38. The number of benzene rings is 2. The normalized spacial score (nSPS) is 20.6. The van der Waals surface area contributed by atoms with Crippen LogP contribution in [0.2, 0.25) is 5.02 Å². The van der Waals surface area contributed by atoms with Gasteiger partial charge in [0.25, 0.3) is 16.1 Å². The Labute approximate surface area is 277 Å². The third-order valence-electron chi connectivity index (χ3n) is 8.38. The summed E-state index contributed by atoms with van der Waals surface area (Å²) < 4.78 is 36.7. The molecule has 11 nitrogen and oxygen atoms in total. The fraction of sp³-hybridized carbons (Fsp3) is 0.545. The van der Waals surface area contributed by atoms with E-state index < -0.39 is 28.2 Å². The average Bonchev–Trinajstić information content (AvgIpc) is 3.50. The van der Waals surface area contributed by atoms with Crippen LogP contribution in [-0.4, -0.2) is 62.3 Å². The van der Waals surface area contributed by atoms with E-state index in [1.54, 1.807) is 48.5 Å². The number of nitrogens with one attached hydrogen (secondary N) is 4. The first-order valence-corrected chi connectivity index (χ1v) is 17.9. The molecule has 1 saturated carbocycles. The van der Waals surface area contributed by atoms with Crippen LogP contribution in [0.25, 0.3) is 0 Å². The Morgan fingerprint density at radius 3 is 2.43 bits per heavy atom. The third-order valence-corrected chi connectivity index (χ3v) is 9.72. The van der Waals surface area contributed by atoms with Crippen LogP contribution >= 0.6 is 11.6 Å². The lowest BCUT2D eigenvalue weighted by molar-refractivity contribution is -0.140. The molecular weight excluding hydrogens is 630 g/mol. The number of likely N-dealkylation sites (tertiary alicyclic amines) is 1. The molecule has 3 amide bonds. The number of ether oxygens (including phenoxy) is 1. The van der Waals surface area contributed by atoms with Gasteiger partial charge in [-0.1, -0.05) is 50.6 Å². The maximum atomic E-state index is 13.7. The summed E-state index contributed by atoms with van der Waals surface area (Å²) in [6.07, 6.45) is 5.41. The minimum Gasteiger partial charge on any atom is -0.483 e. The van der Waals surface area contributed by atoms with Crippen molar-refractivity contribution < 1.29 is 27.5 Å². The van der Waals surface area contributed by atoms with Crippen molar-refractivity contribution in [3.63, 3.8) is 0 Å². The van der Waals surface area contributed by atoms with Crippen LogP contribution in [0.15, 0.2) is 48.5 Å². The van der Waals surface area contributed by atoms with E-state index in [2.05, 4.69) is 27.0 Å². The van der Waals surface area contributed by atoms with Crippen molar-refractivity contribution in [2.75, 3.05) is 17.9 Å². The van der Waals surface area contributed by atoms with Crippen LogP contribution in [0.5, 0.6) is 5.75 Å². The third kappa shape index (κ3) is 10.6. The van der Waals surface area contributed by atoms with Gasteiger partial charge in [-0.15, -0.1) is 0 Å². The number of para-hydroxylation sites is 1. The number of amides is 3. The first-order chi connectivity index (χ1) is 21.9. The number of hydrogen-bond acceptors (Lipinski definition) is 6. The summed E-state index contributed by atoms with van der Waals surface area (Å²) in [6.45, 7) is 6.27. The molecule has 0 spiro atoms. The number of halogens is 1. The van der Waals surface area contributed by atoms with Gasteiger partial charge in [-0.2, -0.15) is 13.1 Å². The van der Waals surface area contributed by atoms with Gasteiger partial charge in [-0.25, -0.2) is 0 Å². The molecule has 1 aliphatic carbocycles. The average molecular weight is 676 g/mol. The predicted molar refractivity (Wildman–Crippen MR) is 178 cm³/mol. The first-order valence-electron chi connectivity index (χ1n) is 16.0. The Morgan fingerprint density at radius 1 is 1.02 bits per heavy atom. The molecule has 1 heterocycles. The standard InChI is InChI=1S/C33H46ClN5O6S/c1-22(2)18-28(38-46(43,44)37-27-8-5-4-6-9-27)33(42)39-17-7-10-29(39)32(41)35-20-24-19-25(34)13-16-30(24)45-21-31(40)36-26-14-11-23(3)12-15-26/h4-6,8-9,13,16,19,22-23,26,28-29,37-38H,7,10-12,14-15,17-18,20-21H2,1-3H3,(H,35,41)(H,36,40)/t23?,26?,28-,29-/m0/s1. The largest absolute Gasteiger partial charge is 0.483 e. The van der Waals surface area contributed by atoms with Crippen molar-refractivity contribution in [2.24, 2.45) is 11.8 Å². The van der Waals surface area contributed by atoms with E-state index in [0.29, 0.717) is 47.3 Å². The fourth-order valence-electron chi connectivity index (χ4n) is 6.00. The quantitative estimate of drug-likeness (QED) is 0.234. The molecule has 0 radical (unpaired) electrons. The van der Waals surface area contributed by atoms with E-state index in [1.165, 1.54) is 4.90 Å². The fourth-order valence-corrected chi connectivity index (χ4v) is 7.27. The number of hydrogen-bond donors (Lipinski definition) is 4. The Hall–Kier alpha value is -3.35. The van der Waals surface area contributed by atoms with Crippen molar-refractivity contribution in [1.29, 1.82) is 0 Å². The smallest absolute Gasteiger partial charge is 0.299 e. The summed E-state index contributed by atoms with van der Waals surface area (Å²) in [6, 6.07) is 11.7. The molecule has 0 unspecified atom stereocenters. The second kappa shape index (κ2) is 16.5. The van der Waals surface area contributed by atoms with E-state index in [-0.39, 0.29) is 43.3 Å². The molecule has 252 valence electrons. The molecule has 4 rings (SSSR count). The highest BCUT2D eigenvalue weighted by atomic mass is 35.5. The van der Waals surface area contributed by atoms with Gasteiger partial charge in [-0.3, -0.25) is 19.1 Å². The lowest BCUT2D eigenvalue weighted by Gasteiger charge is -2.29. The molecule has 2 aromatic carbocycles. The van der Waals surface area contributed by atoms with Gasteiger partial charge < -0.3 is 20.3 Å². The Morgan fingerprint density at radius 2 is 1.74 bits per heavy atom. The molecule has 1 aliphatic heterocycles. The minimum absolute atomic E-state index is 0.0120. The monoisotopic (exact) mass is 675 g/mol. The molecule has 13 heteroatoms. The second-order valence-corrected chi connectivity index (χ2v) is 14.6. The molecule has 2 fully saturated rings. The molecule has 2 aliphatic rings. The van der Waals surface area contributed by atoms with Gasteiger partial charge in [0.15, 0.2) is 6.61 Å². The van der Waals surface area contributed by atoms with Crippen LogP contribution in [0, 0.1) is 11.8 Å². The lowest BCUT2D eigenvalue weighted by Crippen LogP contribution is -2.54. The zero-order valence-electron chi connectivity index (χ0n) is 26.8. The first kappa shape index (κ1) is 35.5. The van der Waals surface area contributed by atoms with E-state index in [9.17, 15) is 22.8 Å². The maximum absolute atomic E-state index is 13.7. The summed E-state index contributed by atoms with van der Waals surface area (Å²) >= 11 is 6.25. The van der Waals surface area contributed by atoms with Gasteiger partial charge in [0, 0.05) is 35.4 Å². The molecule has 4 N–H and O–H groups in total. The zero-order valence-corrected chi connectivity index (χ0v) is 28.3. The zero-order chi connectivity index (χ0) is 33.3. The van der Waals surface area contributed by atoms with Gasteiger partial charge in [0.05, 0.1) is 0 Å². The van der Waals surface area contributed by atoms with Crippen LogP contribution in [-0.2, 0) is 31.1 Å². The van der Waals surface area contributed by atoms with Crippen LogP contribution in [0.3, 0.4) is 0 Å². The summed E-state index contributed by atoms with van der Waals surface area (Å²) in [5.41, 5.74) is 0.960. The van der Waals surface area contributed by atoms with E-state index in [1.807, 2.05) is 13.8 Å². The maximum Gasteiger partial charge on any atom is 0.299 e. The van der Waals surface area contributed by atoms with Crippen molar-refractivity contribution in [2.45, 2.75) is 90.4 Å². The highest BCUT2D eigenvalue weighted by molar-refractivity contribution is 7.90. The highest BCUT2D eigenvalue weighted by Crippen LogP contribution is 2.26. The molecular formula is C33H46ClN5O6S. The van der Waals surface area contributed by atoms with Crippen LogP contribution < -0.4 is 24.8 Å². The van der Waals surface area contributed by atoms with Crippen molar-refractivity contribution in [1.82, 2.24) is 20.3 Å². The van der Waals surface area contributed by atoms with Crippen LogP contribution in [0.1, 0.15) is 71.3 Å². The summed E-state index contributed by atoms with van der Waals surface area (Å²) in [5, 5.41) is 6.38. The van der Waals surface area contributed by atoms with Gasteiger partial charge in [-0.05, 0) is 87.1 Å². The molecule has 2 atom stereocenters. The molecule has 0 aromatic heterocycles. The van der Waals surface area contributed by atoms with Crippen molar-refractivity contribution >= 4 is 45.2 Å². The molecule has 0 bridgehead atoms. The topological polar surface area (TPSA) is 146 Å². The SMILES string of the molecule is CC(C)C[C@H](NS(=O)(=O)Nc1ccccc1)C(=O)N1CCC[C@H]1C(=O)NCc1cc(Cl)ccc1OCC(=O)NC1CCC(C)CC1. The van der Waals surface area contributed by atoms with E-state index in [0.717, 1.165) is 25.7 Å². The summed E-state index contributed by atoms with van der Waals surface area (Å²) in [7, 11) is -4.07. The van der Waals surface area contributed by atoms with Gasteiger partial charge in [0.2, 0.25) is 11.8 Å². The second-order valence-electron chi connectivity index (χ2n) is 12.7. The number of nitrogens with zero attached hydrogens (tertiary/aromatic N) is 1. The van der Waals surface area contributed by atoms with Gasteiger partial charge in [0.1, 0.15) is 17.8 Å². The minimum atomic E-state index is -4.07. The van der Waals surface area contributed by atoms with Crippen molar-refractivity contribution in [3.05, 3.63) is 59.1 Å². The van der Waals surface area contributed by atoms with E-state index >= 15 is 0 Å². The number of anilines is 1. The lowest BCUT2D eigenvalue weighted by atomic mass is 9.87. The Kier molecular flexibility index (Phi) is 12.7. The molecule has 2 aromatic rings. The van der Waals surface area contributed by atoms with Crippen molar-refractivity contribution in [3.8, 4) is 5.75 Å². The summed E-state index contributed by atoms with van der Waals surface area (Å²) in [5.74, 6) is 0.105.